The predicted octanol–water partition coefficient (Wildman–Crippen LogP) is 2.74. The van der Waals surface area contributed by atoms with E-state index in [1.165, 1.54) is 24.6 Å². The molecule has 1 heterocycles. The van der Waals surface area contributed by atoms with Crippen molar-refractivity contribution in [2.75, 3.05) is 0 Å². The molecule has 2 rings (SSSR count). The molecular weight excluding hydrogens is 196 g/mol. The van der Waals surface area contributed by atoms with Crippen molar-refractivity contribution in [2.24, 2.45) is 11.8 Å². The van der Waals surface area contributed by atoms with E-state index in [2.05, 4.69) is 22.6 Å². The van der Waals surface area contributed by atoms with E-state index < -0.39 is 0 Å². The predicted molar refractivity (Wildman–Crippen MR) is 56.5 cm³/mol. The molecule has 0 aromatic carbocycles. The van der Waals surface area contributed by atoms with E-state index in [1.807, 2.05) is 0 Å². The molecule has 0 aliphatic heterocycles. The summed E-state index contributed by atoms with van der Waals surface area (Å²) in [5.74, 6) is 2.31. The van der Waals surface area contributed by atoms with Crippen molar-refractivity contribution in [1.29, 1.82) is 0 Å². The minimum atomic E-state index is 0.360. The average molecular weight is 212 g/mol. The van der Waals surface area contributed by atoms with Crippen molar-refractivity contribution in [3.05, 3.63) is 6.20 Å². The van der Waals surface area contributed by atoms with Crippen LogP contribution in [0.5, 0.6) is 5.88 Å². The van der Waals surface area contributed by atoms with Crippen LogP contribution in [0.25, 0.3) is 0 Å². The number of ether oxygens (including phenoxy) is 1. The maximum atomic E-state index is 5.75. The molecule has 3 nitrogen and oxygen atoms in total. The zero-order valence-corrected chi connectivity index (χ0v) is 9.46. The summed E-state index contributed by atoms with van der Waals surface area (Å²) in [4.78, 5) is 0. The molecular formula is C10H16N2OS. The molecule has 0 amide bonds. The first-order valence-electron chi connectivity index (χ1n) is 5.23. The Kier molecular flexibility index (Phi) is 3.01. The summed E-state index contributed by atoms with van der Waals surface area (Å²) in [6.45, 7) is 4.57. The quantitative estimate of drug-likeness (QED) is 0.772. The van der Waals surface area contributed by atoms with Gasteiger partial charge in [-0.1, -0.05) is 20.3 Å². The summed E-state index contributed by atoms with van der Waals surface area (Å²) in [6, 6.07) is 0. The summed E-state index contributed by atoms with van der Waals surface area (Å²) < 4.78 is 13.7. The summed E-state index contributed by atoms with van der Waals surface area (Å²) >= 11 is 1.21. The fourth-order valence-corrected chi connectivity index (χ4v) is 2.67. The Morgan fingerprint density at radius 3 is 3.00 bits per heavy atom. The van der Waals surface area contributed by atoms with Crippen LogP contribution in [0, 0.1) is 11.8 Å². The van der Waals surface area contributed by atoms with Crippen molar-refractivity contribution in [3.8, 4) is 5.88 Å². The second-order valence-corrected chi connectivity index (χ2v) is 4.66. The highest BCUT2D eigenvalue weighted by Crippen LogP contribution is 2.35. The third-order valence-corrected chi connectivity index (χ3v) is 3.62. The first kappa shape index (κ1) is 9.90. The molecule has 1 fully saturated rings. The fraction of sp³-hybridized carbons (Fsp3) is 0.800. The number of hydrogen-bond donors (Lipinski definition) is 0. The summed E-state index contributed by atoms with van der Waals surface area (Å²) in [5, 5.41) is 0. The number of aromatic nitrogens is 2. The molecule has 1 aliphatic rings. The zero-order valence-electron chi connectivity index (χ0n) is 8.64. The van der Waals surface area contributed by atoms with Gasteiger partial charge in [-0.05, 0) is 24.7 Å². The molecule has 1 aliphatic carbocycles. The van der Waals surface area contributed by atoms with Crippen LogP contribution >= 0.6 is 11.7 Å². The monoisotopic (exact) mass is 212 g/mol. The van der Waals surface area contributed by atoms with Gasteiger partial charge in [0.25, 0.3) is 0 Å². The van der Waals surface area contributed by atoms with E-state index >= 15 is 0 Å². The number of hydrogen-bond acceptors (Lipinski definition) is 4. The third-order valence-electron chi connectivity index (χ3n) is 3.16. The van der Waals surface area contributed by atoms with Crippen molar-refractivity contribution in [2.45, 2.75) is 39.2 Å². The van der Waals surface area contributed by atoms with E-state index in [-0.39, 0.29) is 0 Å². The maximum Gasteiger partial charge on any atom is 0.245 e. The van der Waals surface area contributed by atoms with Gasteiger partial charge in [-0.15, -0.1) is 4.37 Å². The standard InChI is InChI=1S/C10H16N2OS/c1-3-8-5-9(4-7(8)2)13-10-6-11-14-12-10/h6-9H,3-5H2,1-2H3/t7-,8-,9-/m0/s1. The smallest absolute Gasteiger partial charge is 0.245 e. The lowest BCUT2D eigenvalue weighted by Gasteiger charge is -2.10. The van der Waals surface area contributed by atoms with Crippen LogP contribution in [0.2, 0.25) is 0 Å². The van der Waals surface area contributed by atoms with Crippen LogP contribution in [0.4, 0.5) is 0 Å². The Hall–Kier alpha value is -0.640. The Labute approximate surface area is 88.8 Å². The van der Waals surface area contributed by atoms with Crippen molar-refractivity contribution >= 4 is 11.7 Å². The van der Waals surface area contributed by atoms with Gasteiger partial charge in [0.2, 0.25) is 5.88 Å². The van der Waals surface area contributed by atoms with Gasteiger partial charge in [0.15, 0.2) is 0 Å². The van der Waals surface area contributed by atoms with Crippen LogP contribution in [-0.4, -0.2) is 14.9 Å². The van der Waals surface area contributed by atoms with Crippen LogP contribution < -0.4 is 4.74 Å². The van der Waals surface area contributed by atoms with Crippen molar-refractivity contribution in [1.82, 2.24) is 8.75 Å². The lowest BCUT2D eigenvalue weighted by Crippen LogP contribution is -2.12. The fourth-order valence-electron chi connectivity index (χ4n) is 2.32. The van der Waals surface area contributed by atoms with Crippen LogP contribution in [-0.2, 0) is 0 Å². The Morgan fingerprint density at radius 2 is 2.43 bits per heavy atom. The number of nitrogens with zero attached hydrogens (tertiary/aromatic N) is 2. The Morgan fingerprint density at radius 1 is 1.57 bits per heavy atom. The molecule has 0 bridgehead atoms. The third kappa shape index (κ3) is 2.05. The zero-order chi connectivity index (χ0) is 9.97. The van der Waals surface area contributed by atoms with Crippen molar-refractivity contribution < 1.29 is 4.74 Å². The molecule has 0 unspecified atom stereocenters. The minimum absolute atomic E-state index is 0.360. The molecule has 0 spiro atoms. The molecule has 14 heavy (non-hydrogen) atoms. The van der Waals surface area contributed by atoms with E-state index in [1.54, 1.807) is 6.20 Å². The summed E-state index contributed by atoms with van der Waals surface area (Å²) in [6.07, 6.45) is 5.66. The second-order valence-electron chi connectivity index (χ2n) is 4.10. The maximum absolute atomic E-state index is 5.75. The normalized spacial score (nSPS) is 32.0. The Bertz CT molecular complexity index is 276. The molecule has 78 valence electrons. The topological polar surface area (TPSA) is 35.0 Å². The van der Waals surface area contributed by atoms with Crippen LogP contribution in [0.15, 0.2) is 6.20 Å². The van der Waals surface area contributed by atoms with Crippen LogP contribution in [0.3, 0.4) is 0 Å². The lowest BCUT2D eigenvalue weighted by molar-refractivity contribution is 0.195. The first-order chi connectivity index (χ1) is 6.79. The van der Waals surface area contributed by atoms with Gasteiger partial charge >= 0.3 is 0 Å². The highest BCUT2D eigenvalue weighted by molar-refractivity contribution is 6.99. The van der Waals surface area contributed by atoms with Gasteiger partial charge in [-0.3, -0.25) is 0 Å². The molecule has 0 N–H and O–H groups in total. The second kappa shape index (κ2) is 4.26. The minimum Gasteiger partial charge on any atom is -0.473 e. The van der Waals surface area contributed by atoms with E-state index in [0.717, 1.165) is 18.3 Å². The van der Waals surface area contributed by atoms with E-state index in [4.69, 9.17) is 4.74 Å². The first-order valence-corrected chi connectivity index (χ1v) is 5.96. The van der Waals surface area contributed by atoms with Gasteiger partial charge in [0.1, 0.15) is 12.3 Å². The molecule has 1 saturated carbocycles. The van der Waals surface area contributed by atoms with Gasteiger partial charge in [0.05, 0.1) is 11.7 Å². The lowest BCUT2D eigenvalue weighted by atomic mass is 9.96. The SMILES string of the molecule is CC[C@H]1C[C@@H](Oc2cnsn2)C[C@@H]1C. The summed E-state index contributed by atoms with van der Waals surface area (Å²) in [7, 11) is 0. The largest absolute Gasteiger partial charge is 0.473 e. The summed E-state index contributed by atoms with van der Waals surface area (Å²) in [5.41, 5.74) is 0. The molecule has 1 aromatic rings. The molecule has 3 atom stereocenters. The van der Waals surface area contributed by atoms with Gasteiger partial charge in [-0.25, -0.2) is 0 Å². The highest BCUT2D eigenvalue weighted by Gasteiger charge is 2.31. The molecule has 4 heteroatoms. The Balaban J connectivity index is 1.89. The van der Waals surface area contributed by atoms with Crippen LogP contribution in [0.1, 0.15) is 33.1 Å². The van der Waals surface area contributed by atoms with Crippen molar-refractivity contribution in [3.63, 3.8) is 0 Å². The van der Waals surface area contributed by atoms with Gasteiger partial charge in [0, 0.05) is 0 Å². The van der Waals surface area contributed by atoms with E-state index in [9.17, 15) is 0 Å². The number of rotatable bonds is 3. The van der Waals surface area contributed by atoms with Gasteiger partial charge in [-0.2, -0.15) is 4.37 Å². The highest BCUT2D eigenvalue weighted by atomic mass is 32.1. The molecule has 0 radical (unpaired) electrons. The van der Waals surface area contributed by atoms with Gasteiger partial charge < -0.3 is 4.74 Å². The molecule has 0 saturated heterocycles. The molecule has 1 aromatic heterocycles. The average Bonchev–Trinajstić information content (AvgIpc) is 2.76. The van der Waals surface area contributed by atoms with E-state index in [0.29, 0.717) is 12.0 Å².